The van der Waals surface area contributed by atoms with Gasteiger partial charge in [-0.3, -0.25) is 9.20 Å². The number of carbonyl (C=O) groups excluding carboxylic acids is 1. The maximum Gasteiger partial charge on any atom is 0.272 e. The largest absolute Gasteiger partial charge is 0.495 e. The molecule has 28 heavy (non-hydrogen) atoms. The van der Waals surface area contributed by atoms with Crippen LogP contribution < -0.4 is 9.64 Å². The van der Waals surface area contributed by atoms with Gasteiger partial charge in [0, 0.05) is 32.4 Å². The molecule has 1 aliphatic rings. The van der Waals surface area contributed by atoms with Crippen LogP contribution in [0.1, 0.15) is 29.5 Å². The number of rotatable bonds is 5. The minimum atomic E-state index is 0.0711. The number of hydrogen-bond donors (Lipinski definition) is 0. The van der Waals surface area contributed by atoms with E-state index >= 15 is 0 Å². The Balaban J connectivity index is 1.55. The maximum absolute atomic E-state index is 13.4. The predicted octanol–water partition coefficient (Wildman–Crippen LogP) is 3.26. The van der Waals surface area contributed by atoms with Crippen LogP contribution in [0.4, 0.5) is 5.69 Å². The quantitative estimate of drug-likeness (QED) is 0.684. The van der Waals surface area contributed by atoms with Gasteiger partial charge >= 0.3 is 0 Å². The summed E-state index contributed by atoms with van der Waals surface area (Å²) < 4.78 is 7.42. The summed E-state index contributed by atoms with van der Waals surface area (Å²) in [6, 6.07) is 13.9. The van der Waals surface area contributed by atoms with Crippen molar-refractivity contribution in [3.05, 3.63) is 60.0 Å². The van der Waals surface area contributed by atoms with Gasteiger partial charge in [0.05, 0.1) is 18.5 Å². The molecule has 0 saturated carbocycles. The molecule has 1 aliphatic heterocycles. The molecule has 1 aromatic carbocycles. The third-order valence-electron chi connectivity index (χ3n) is 5.28. The van der Waals surface area contributed by atoms with Crippen molar-refractivity contribution >= 4 is 17.2 Å². The molecule has 0 aliphatic carbocycles. The first-order chi connectivity index (χ1) is 13.7. The first-order valence-electron chi connectivity index (χ1n) is 9.86. The fourth-order valence-electron chi connectivity index (χ4n) is 3.87. The minimum absolute atomic E-state index is 0.0711. The topological polar surface area (TPSA) is 50.1 Å². The van der Waals surface area contributed by atoms with Crippen molar-refractivity contribution in [1.82, 2.24) is 14.3 Å². The van der Waals surface area contributed by atoms with Gasteiger partial charge in [0.25, 0.3) is 5.91 Å². The molecule has 0 unspecified atom stereocenters. The Kier molecular flexibility index (Phi) is 5.19. The molecule has 2 aromatic heterocycles. The summed E-state index contributed by atoms with van der Waals surface area (Å²) in [6.45, 7) is 5.05. The minimum Gasteiger partial charge on any atom is -0.495 e. The summed E-state index contributed by atoms with van der Waals surface area (Å²) in [5.41, 5.74) is 3.52. The standard InChI is InChI=1S/C22H26N4O2/c1-3-8-17-21(26-12-7-6-11-20(26)23-17)22(27)25-15-13-24(14-16-25)18-9-4-5-10-19(18)28-2/h4-7,9-12H,3,8,13-16H2,1-2H3. The molecule has 3 heterocycles. The van der Waals surface area contributed by atoms with Crippen molar-refractivity contribution < 1.29 is 9.53 Å². The van der Waals surface area contributed by atoms with Crippen molar-refractivity contribution in [3.8, 4) is 5.75 Å². The Morgan fingerprint density at radius 3 is 2.57 bits per heavy atom. The molecule has 146 valence electrons. The lowest BCUT2D eigenvalue weighted by molar-refractivity contribution is 0.0738. The second kappa shape index (κ2) is 7.92. The molecule has 4 rings (SSSR count). The summed E-state index contributed by atoms with van der Waals surface area (Å²) in [4.78, 5) is 22.3. The smallest absolute Gasteiger partial charge is 0.272 e. The van der Waals surface area contributed by atoms with Crippen LogP contribution in [0.5, 0.6) is 5.75 Å². The van der Waals surface area contributed by atoms with Crippen molar-refractivity contribution in [2.24, 2.45) is 0 Å². The number of carbonyl (C=O) groups is 1. The molecule has 1 amide bonds. The van der Waals surface area contributed by atoms with Crippen molar-refractivity contribution in [1.29, 1.82) is 0 Å². The number of aryl methyl sites for hydroxylation is 1. The first kappa shape index (κ1) is 18.3. The van der Waals surface area contributed by atoms with Crippen LogP contribution in [0.15, 0.2) is 48.7 Å². The Labute approximate surface area is 165 Å². The van der Waals surface area contributed by atoms with Gasteiger partial charge in [0.15, 0.2) is 0 Å². The van der Waals surface area contributed by atoms with Gasteiger partial charge in [0.2, 0.25) is 0 Å². The maximum atomic E-state index is 13.4. The molecule has 6 heteroatoms. The van der Waals surface area contributed by atoms with E-state index in [1.54, 1.807) is 7.11 Å². The number of ether oxygens (including phenoxy) is 1. The second-order valence-corrected chi connectivity index (χ2v) is 7.04. The third kappa shape index (κ3) is 3.30. The van der Waals surface area contributed by atoms with Crippen LogP contribution in [0, 0.1) is 0 Å². The number of methoxy groups -OCH3 is 1. The zero-order chi connectivity index (χ0) is 19.5. The molecule has 0 atom stereocenters. The lowest BCUT2D eigenvalue weighted by Crippen LogP contribution is -2.49. The number of aromatic nitrogens is 2. The summed E-state index contributed by atoms with van der Waals surface area (Å²) in [6.07, 6.45) is 3.70. The van der Waals surface area contributed by atoms with E-state index in [0.717, 1.165) is 48.7 Å². The Hall–Kier alpha value is -3.02. The monoisotopic (exact) mass is 378 g/mol. The fraction of sp³-hybridized carbons (Fsp3) is 0.364. The molecular weight excluding hydrogens is 352 g/mol. The van der Waals surface area contributed by atoms with Gasteiger partial charge in [-0.2, -0.15) is 0 Å². The highest BCUT2D eigenvalue weighted by Crippen LogP contribution is 2.28. The van der Waals surface area contributed by atoms with E-state index in [0.29, 0.717) is 18.8 Å². The highest BCUT2D eigenvalue weighted by molar-refractivity contribution is 5.95. The molecule has 0 bridgehead atoms. The molecule has 6 nitrogen and oxygen atoms in total. The Bertz CT molecular complexity index is 974. The van der Waals surface area contributed by atoms with Crippen LogP contribution in [0.25, 0.3) is 5.65 Å². The number of anilines is 1. The van der Waals surface area contributed by atoms with Crippen molar-refractivity contribution in [2.75, 3.05) is 38.2 Å². The summed E-state index contributed by atoms with van der Waals surface area (Å²) in [7, 11) is 1.69. The molecule has 0 N–H and O–H groups in total. The van der Waals surface area contributed by atoms with E-state index in [1.165, 1.54) is 0 Å². The molecule has 3 aromatic rings. The number of hydrogen-bond acceptors (Lipinski definition) is 4. The van der Waals surface area contributed by atoms with Crippen LogP contribution in [0.2, 0.25) is 0 Å². The van der Waals surface area contributed by atoms with Crippen molar-refractivity contribution in [3.63, 3.8) is 0 Å². The second-order valence-electron chi connectivity index (χ2n) is 7.04. The van der Waals surface area contributed by atoms with E-state index < -0.39 is 0 Å². The number of pyridine rings is 1. The van der Waals surface area contributed by atoms with Gasteiger partial charge in [-0.15, -0.1) is 0 Å². The highest BCUT2D eigenvalue weighted by atomic mass is 16.5. The number of para-hydroxylation sites is 2. The first-order valence-corrected chi connectivity index (χ1v) is 9.86. The lowest BCUT2D eigenvalue weighted by atomic mass is 10.1. The van der Waals surface area contributed by atoms with Crippen LogP contribution in [-0.2, 0) is 6.42 Å². The molecule has 0 spiro atoms. The highest BCUT2D eigenvalue weighted by Gasteiger charge is 2.27. The Morgan fingerprint density at radius 1 is 1.07 bits per heavy atom. The number of benzene rings is 1. The molecule has 1 fully saturated rings. The zero-order valence-corrected chi connectivity index (χ0v) is 16.5. The molecule has 1 saturated heterocycles. The van der Waals surface area contributed by atoms with Crippen LogP contribution in [-0.4, -0.2) is 53.5 Å². The Morgan fingerprint density at radius 2 is 1.82 bits per heavy atom. The summed E-state index contributed by atoms with van der Waals surface area (Å²) in [5.74, 6) is 0.941. The van der Waals surface area contributed by atoms with Crippen LogP contribution >= 0.6 is 0 Å². The number of amides is 1. The number of piperazine rings is 1. The number of imidazole rings is 1. The number of fused-ring (bicyclic) bond motifs is 1. The SMILES string of the molecule is CCCc1nc2ccccn2c1C(=O)N1CCN(c2ccccc2OC)CC1. The lowest BCUT2D eigenvalue weighted by Gasteiger charge is -2.36. The third-order valence-corrected chi connectivity index (χ3v) is 5.28. The van der Waals surface area contributed by atoms with E-state index in [1.807, 2.05) is 51.9 Å². The van der Waals surface area contributed by atoms with E-state index in [-0.39, 0.29) is 5.91 Å². The summed E-state index contributed by atoms with van der Waals surface area (Å²) in [5, 5.41) is 0. The van der Waals surface area contributed by atoms with Crippen LogP contribution in [0.3, 0.4) is 0 Å². The van der Waals surface area contributed by atoms with Gasteiger partial charge in [-0.1, -0.05) is 31.5 Å². The average molecular weight is 378 g/mol. The van der Waals surface area contributed by atoms with E-state index in [2.05, 4.69) is 17.9 Å². The fourth-order valence-corrected chi connectivity index (χ4v) is 3.87. The van der Waals surface area contributed by atoms with Crippen molar-refractivity contribution in [2.45, 2.75) is 19.8 Å². The molecular formula is C22H26N4O2. The molecule has 0 radical (unpaired) electrons. The zero-order valence-electron chi connectivity index (χ0n) is 16.5. The van der Waals surface area contributed by atoms with Gasteiger partial charge < -0.3 is 14.5 Å². The van der Waals surface area contributed by atoms with Gasteiger partial charge in [-0.25, -0.2) is 4.98 Å². The average Bonchev–Trinajstić information content (AvgIpc) is 3.11. The number of nitrogens with zero attached hydrogens (tertiary/aromatic N) is 4. The normalized spacial score (nSPS) is 14.5. The summed E-state index contributed by atoms with van der Waals surface area (Å²) >= 11 is 0. The van der Waals surface area contributed by atoms with E-state index in [9.17, 15) is 4.79 Å². The van der Waals surface area contributed by atoms with Gasteiger partial charge in [0.1, 0.15) is 17.1 Å². The van der Waals surface area contributed by atoms with E-state index in [4.69, 9.17) is 9.72 Å². The predicted molar refractivity (Wildman–Crippen MR) is 110 cm³/mol. The van der Waals surface area contributed by atoms with Gasteiger partial charge in [-0.05, 0) is 30.7 Å².